The molecule has 0 aliphatic carbocycles. The van der Waals surface area contributed by atoms with Crippen LogP contribution in [-0.4, -0.2) is 40.2 Å². The number of nitrogen functional groups attached to an aromatic ring is 1. The van der Waals surface area contributed by atoms with Crippen molar-refractivity contribution in [3.8, 4) is 5.69 Å². The summed E-state index contributed by atoms with van der Waals surface area (Å²) in [6.07, 6.45) is 5.18. The van der Waals surface area contributed by atoms with Gasteiger partial charge in [0.05, 0.1) is 34.2 Å². The highest BCUT2D eigenvalue weighted by molar-refractivity contribution is 6.37. The van der Waals surface area contributed by atoms with E-state index in [4.69, 9.17) is 33.7 Å². The molecule has 166 valence electrons. The van der Waals surface area contributed by atoms with Crippen LogP contribution in [0.15, 0.2) is 47.8 Å². The second kappa shape index (κ2) is 9.66. The number of hydrogen-bond donors (Lipinski definition) is 3. The number of rotatable bonds is 4. The number of pyridine rings is 1. The number of ether oxygens (including phenoxy) is 1. The van der Waals surface area contributed by atoms with Gasteiger partial charge in [-0.25, -0.2) is 4.98 Å². The molecule has 0 unspecified atom stereocenters. The van der Waals surface area contributed by atoms with Gasteiger partial charge in [0, 0.05) is 25.4 Å². The lowest BCUT2D eigenvalue weighted by Crippen LogP contribution is -2.31. The van der Waals surface area contributed by atoms with E-state index >= 15 is 0 Å². The summed E-state index contributed by atoms with van der Waals surface area (Å²) in [5.41, 5.74) is 6.38. The summed E-state index contributed by atoms with van der Waals surface area (Å²) in [6.45, 7) is 1.99. The van der Waals surface area contributed by atoms with E-state index in [9.17, 15) is 9.59 Å². The number of hydrogen-bond acceptors (Lipinski definition) is 7. The topological polar surface area (TPSA) is 124 Å². The van der Waals surface area contributed by atoms with E-state index in [0.717, 1.165) is 23.1 Å². The molecule has 0 bridgehead atoms. The molecular weight excluding hydrogens is 455 g/mol. The normalized spacial score (nSPS) is 16.4. The van der Waals surface area contributed by atoms with Gasteiger partial charge >= 0.3 is 0 Å². The largest absolute Gasteiger partial charge is 0.383 e. The van der Waals surface area contributed by atoms with Gasteiger partial charge in [0.15, 0.2) is 0 Å². The molecule has 0 radical (unpaired) electrons. The molecule has 1 atom stereocenters. The number of aromatic nitrogens is 3. The SMILES string of the molecule is Nc1ncn(-c2c(Cl)cccc2Cl)c(=O)c1C(=O)Nc1cncc([C@@H]2CCOCCN2)c1. The third kappa shape index (κ3) is 4.61. The van der Waals surface area contributed by atoms with E-state index in [-0.39, 0.29) is 33.2 Å². The molecule has 4 N–H and O–H groups in total. The van der Waals surface area contributed by atoms with Gasteiger partial charge in [-0.05, 0) is 30.2 Å². The number of nitrogens with two attached hydrogens (primary N) is 1. The number of benzene rings is 1. The van der Waals surface area contributed by atoms with E-state index in [1.807, 2.05) is 0 Å². The summed E-state index contributed by atoms with van der Waals surface area (Å²) in [4.78, 5) is 34.3. The van der Waals surface area contributed by atoms with Crippen molar-refractivity contribution < 1.29 is 9.53 Å². The third-order valence-electron chi connectivity index (χ3n) is 5.01. The van der Waals surface area contributed by atoms with E-state index < -0.39 is 11.5 Å². The van der Waals surface area contributed by atoms with Crippen LogP contribution >= 0.6 is 23.2 Å². The summed E-state index contributed by atoms with van der Waals surface area (Å²) in [5.74, 6) is -0.924. The number of anilines is 2. The molecule has 9 nitrogen and oxygen atoms in total. The highest BCUT2D eigenvalue weighted by atomic mass is 35.5. The first kappa shape index (κ1) is 22.2. The quantitative estimate of drug-likeness (QED) is 0.530. The Morgan fingerprint density at radius 1 is 1.25 bits per heavy atom. The van der Waals surface area contributed by atoms with Crippen LogP contribution in [0.1, 0.15) is 28.4 Å². The minimum absolute atomic E-state index is 0.0462. The number of nitrogens with zero attached hydrogens (tertiary/aromatic N) is 3. The fourth-order valence-electron chi connectivity index (χ4n) is 3.46. The number of nitrogens with one attached hydrogen (secondary N) is 2. The zero-order valence-corrected chi connectivity index (χ0v) is 18.4. The average Bonchev–Trinajstić information content (AvgIpc) is 3.05. The molecule has 4 rings (SSSR count). The Labute approximate surface area is 193 Å². The lowest BCUT2D eigenvalue weighted by atomic mass is 10.1. The first-order chi connectivity index (χ1) is 15.5. The van der Waals surface area contributed by atoms with Crippen LogP contribution in [0.25, 0.3) is 5.69 Å². The van der Waals surface area contributed by atoms with Crippen LogP contribution in [-0.2, 0) is 4.74 Å². The number of para-hydroxylation sites is 1. The summed E-state index contributed by atoms with van der Waals surface area (Å²) in [6, 6.07) is 6.64. The minimum atomic E-state index is -0.714. The zero-order valence-electron chi connectivity index (χ0n) is 16.8. The lowest BCUT2D eigenvalue weighted by Gasteiger charge is -2.16. The smallest absolute Gasteiger partial charge is 0.273 e. The van der Waals surface area contributed by atoms with E-state index in [0.29, 0.717) is 18.9 Å². The molecule has 1 fully saturated rings. The van der Waals surface area contributed by atoms with Gasteiger partial charge in [-0.1, -0.05) is 29.3 Å². The molecule has 0 saturated carbocycles. The Morgan fingerprint density at radius 3 is 2.81 bits per heavy atom. The van der Waals surface area contributed by atoms with Crippen molar-refractivity contribution in [1.82, 2.24) is 19.9 Å². The van der Waals surface area contributed by atoms with Crippen molar-refractivity contribution in [2.45, 2.75) is 12.5 Å². The van der Waals surface area contributed by atoms with Crippen molar-refractivity contribution in [3.63, 3.8) is 0 Å². The van der Waals surface area contributed by atoms with Gasteiger partial charge in [-0.2, -0.15) is 0 Å². The summed E-state index contributed by atoms with van der Waals surface area (Å²) in [7, 11) is 0. The van der Waals surface area contributed by atoms with Crippen LogP contribution in [0, 0.1) is 0 Å². The maximum Gasteiger partial charge on any atom is 0.273 e. The highest BCUT2D eigenvalue weighted by Crippen LogP contribution is 2.27. The molecule has 1 saturated heterocycles. The predicted octanol–water partition coefficient (Wildman–Crippen LogP) is 2.82. The fraction of sp³-hybridized carbons (Fsp3) is 0.238. The summed E-state index contributed by atoms with van der Waals surface area (Å²) >= 11 is 12.4. The first-order valence-corrected chi connectivity index (χ1v) is 10.6. The van der Waals surface area contributed by atoms with Crippen LogP contribution in [0.5, 0.6) is 0 Å². The summed E-state index contributed by atoms with van der Waals surface area (Å²) < 4.78 is 6.56. The highest BCUT2D eigenvalue weighted by Gasteiger charge is 2.21. The predicted molar refractivity (Wildman–Crippen MR) is 123 cm³/mol. The molecule has 0 spiro atoms. The Hall–Kier alpha value is -2.98. The van der Waals surface area contributed by atoms with Gasteiger partial charge < -0.3 is 21.1 Å². The van der Waals surface area contributed by atoms with Crippen LogP contribution < -0.4 is 21.9 Å². The van der Waals surface area contributed by atoms with Crippen molar-refractivity contribution in [1.29, 1.82) is 0 Å². The van der Waals surface area contributed by atoms with Gasteiger partial charge in [0.2, 0.25) is 0 Å². The molecule has 3 heterocycles. The maximum atomic E-state index is 13.1. The van der Waals surface area contributed by atoms with Crippen LogP contribution in [0.3, 0.4) is 0 Å². The second-order valence-electron chi connectivity index (χ2n) is 7.12. The van der Waals surface area contributed by atoms with Crippen molar-refractivity contribution in [2.24, 2.45) is 0 Å². The number of carbonyl (C=O) groups excluding carboxylic acids is 1. The maximum absolute atomic E-state index is 13.1. The third-order valence-corrected chi connectivity index (χ3v) is 5.62. The lowest BCUT2D eigenvalue weighted by molar-refractivity contribution is 0.102. The Morgan fingerprint density at radius 2 is 2.03 bits per heavy atom. The first-order valence-electron chi connectivity index (χ1n) is 9.84. The van der Waals surface area contributed by atoms with Crippen LogP contribution in [0.4, 0.5) is 11.5 Å². The van der Waals surface area contributed by atoms with Gasteiger partial charge in [-0.15, -0.1) is 0 Å². The molecule has 1 aromatic carbocycles. The van der Waals surface area contributed by atoms with Crippen molar-refractivity contribution in [3.05, 3.63) is 74.5 Å². The van der Waals surface area contributed by atoms with E-state index in [1.54, 1.807) is 30.5 Å². The molecule has 1 amide bonds. The van der Waals surface area contributed by atoms with E-state index in [2.05, 4.69) is 20.6 Å². The molecule has 1 aliphatic rings. The standard InChI is InChI=1S/C21H20Cl2N6O3/c22-14-2-1-3-15(23)18(14)29-11-27-19(24)17(21(29)31)20(30)28-13-8-12(9-25-10-13)16-4-6-32-7-5-26-16/h1-3,8-11,16,26H,4-7,24H2,(H,28,30)/t16-/m0/s1. The van der Waals surface area contributed by atoms with Crippen LogP contribution in [0.2, 0.25) is 10.0 Å². The molecule has 1 aliphatic heterocycles. The van der Waals surface area contributed by atoms with Crippen molar-refractivity contribution in [2.75, 3.05) is 30.8 Å². The monoisotopic (exact) mass is 474 g/mol. The number of carbonyl (C=O) groups is 1. The second-order valence-corrected chi connectivity index (χ2v) is 7.93. The van der Waals surface area contributed by atoms with Gasteiger partial charge in [0.1, 0.15) is 17.7 Å². The fourth-order valence-corrected chi connectivity index (χ4v) is 4.04. The Balaban J connectivity index is 1.65. The Kier molecular flexibility index (Phi) is 6.71. The molecule has 2 aromatic heterocycles. The Bertz CT molecular complexity index is 1190. The van der Waals surface area contributed by atoms with E-state index in [1.165, 1.54) is 12.5 Å². The minimum Gasteiger partial charge on any atom is -0.383 e. The molecular formula is C21H20Cl2N6O3. The zero-order chi connectivity index (χ0) is 22.7. The molecule has 3 aromatic rings. The van der Waals surface area contributed by atoms with Gasteiger partial charge in [0.25, 0.3) is 11.5 Å². The summed E-state index contributed by atoms with van der Waals surface area (Å²) in [5, 5.41) is 6.52. The molecule has 32 heavy (non-hydrogen) atoms. The number of halogens is 2. The van der Waals surface area contributed by atoms with Gasteiger partial charge in [-0.3, -0.25) is 19.1 Å². The average molecular weight is 475 g/mol. The van der Waals surface area contributed by atoms with Crippen molar-refractivity contribution >= 4 is 40.6 Å². The molecule has 11 heteroatoms. The number of amides is 1.